The number of azide groups is 1. The van der Waals surface area contributed by atoms with E-state index in [4.69, 9.17) is 24.8 Å². The quantitative estimate of drug-likeness (QED) is 0.320. The number of rotatable bonds is 5. The van der Waals surface area contributed by atoms with Crippen LogP contribution in [0.25, 0.3) is 10.4 Å². The highest BCUT2D eigenvalue weighted by molar-refractivity contribution is 5.72. The average molecular weight is 231 g/mol. The second-order valence-electron chi connectivity index (χ2n) is 3.28. The van der Waals surface area contributed by atoms with Crippen molar-refractivity contribution in [1.29, 1.82) is 0 Å². The third-order valence-electron chi connectivity index (χ3n) is 2.36. The fourth-order valence-electron chi connectivity index (χ4n) is 1.64. The molecule has 1 rings (SSSR count). The molecule has 1 aliphatic rings. The molecule has 1 aliphatic heterocycles. The fourth-order valence-corrected chi connectivity index (χ4v) is 1.64. The third kappa shape index (κ3) is 2.61. The molecule has 0 unspecified atom stereocenters. The Kier molecular flexibility index (Phi) is 4.51. The zero-order valence-electron chi connectivity index (χ0n) is 8.94. The Labute approximate surface area is 91.7 Å². The lowest BCUT2D eigenvalue weighted by molar-refractivity contribution is -0.185. The molecular weight excluding hydrogens is 218 g/mol. The lowest BCUT2D eigenvalue weighted by atomic mass is 10.1. The lowest BCUT2D eigenvalue weighted by Crippen LogP contribution is -2.36. The molecule has 0 spiro atoms. The first-order valence-electron chi connectivity index (χ1n) is 4.62. The van der Waals surface area contributed by atoms with Crippen LogP contribution in [0.2, 0.25) is 0 Å². The highest BCUT2D eigenvalue weighted by atomic mass is 16.7. The van der Waals surface area contributed by atoms with Crippen LogP contribution >= 0.6 is 0 Å². The van der Waals surface area contributed by atoms with E-state index in [2.05, 4.69) is 10.0 Å². The Morgan fingerprint density at radius 3 is 2.69 bits per heavy atom. The van der Waals surface area contributed by atoms with E-state index in [9.17, 15) is 4.79 Å². The molecule has 0 saturated carbocycles. The number of methoxy groups -OCH3 is 2. The van der Waals surface area contributed by atoms with Gasteiger partial charge in [0.25, 0.3) is 0 Å². The average Bonchev–Trinajstić information content (AvgIpc) is 2.65. The minimum atomic E-state index is -1.09. The molecule has 0 aromatic carbocycles. The smallest absolute Gasteiger partial charge is 0.332 e. The van der Waals surface area contributed by atoms with Gasteiger partial charge in [-0.2, -0.15) is 0 Å². The van der Waals surface area contributed by atoms with Crippen LogP contribution in [0.15, 0.2) is 5.11 Å². The molecule has 0 aromatic rings. The molecule has 8 nitrogen and oxygen atoms in total. The summed E-state index contributed by atoms with van der Waals surface area (Å²) in [6.07, 6.45) is -2.33. The Hall–Kier alpha value is -1.34. The van der Waals surface area contributed by atoms with Crippen molar-refractivity contribution >= 4 is 5.97 Å². The van der Waals surface area contributed by atoms with Gasteiger partial charge in [-0.05, 0) is 12.0 Å². The van der Waals surface area contributed by atoms with Gasteiger partial charge in [0.15, 0.2) is 12.4 Å². The zero-order valence-corrected chi connectivity index (χ0v) is 8.94. The number of carbonyl (C=O) groups is 1. The summed E-state index contributed by atoms with van der Waals surface area (Å²) in [5.41, 5.74) is 8.37. The molecule has 8 heteroatoms. The van der Waals surface area contributed by atoms with Gasteiger partial charge in [0.2, 0.25) is 0 Å². The first kappa shape index (κ1) is 12.7. The predicted molar refractivity (Wildman–Crippen MR) is 51.7 cm³/mol. The van der Waals surface area contributed by atoms with E-state index >= 15 is 0 Å². The van der Waals surface area contributed by atoms with Gasteiger partial charge in [-0.3, -0.25) is 0 Å². The van der Waals surface area contributed by atoms with E-state index < -0.39 is 30.5 Å². The van der Waals surface area contributed by atoms with Crippen molar-refractivity contribution in [3.05, 3.63) is 10.4 Å². The number of nitrogens with zero attached hydrogens (tertiary/aromatic N) is 3. The van der Waals surface area contributed by atoms with E-state index in [0.717, 1.165) is 0 Å². The molecule has 0 bridgehead atoms. The second-order valence-corrected chi connectivity index (χ2v) is 3.28. The maximum atomic E-state index is 10.8. The van der Waals surface area contributed by atoms with Crippen LogP contribution in [-0.4, -0.2) is 49.8 Å². The van der Waals surface area contributed by atoms with Crippen LogP contribution in [0.1, 0.15) is 6.42 Å². The van der Waals surface area contributed by atoms with Gasteiger partial charge in [-0.1, -0.05) is 5.11 Å². The third-order valence-corrected chi connectivity index (χ3v) is 2.36. The van der Waals surface area contributed by atoms with Gasteiger partial charge in [0.05, 0.1) is 6.04 Å². The van der Waals surface area contributed by atoms with Crippen molar-refractivity contribution in [1.82, 2.24) is 0 Å². The van der Waals surface area contributed by atoms with Crippen molar-refractivity contribution in [2.24, 2.45) is 5.11 Å². The SMILES string of the molecule is COC(OC)[C@H]1O[C@@H](C(=O)O)C[C@@H]1N=[N+]=[N-]. The van der Waals surface area contributed by atoms with Gasteiger partial charge >= 0.3 is 5.97 Å². The summed E-state index contributed by atoms with van der Waals surface area (Å²) in [7, 11) is 2.80. The number of ether oxygens (including phenoxy) is 3. The molecular formula is C8H13N3O5. The molecule has 90 valence electrons. The molecule has 0 radical (unpaired) electrons. The Morgan fingerprint density at radius 2 is 2.25 bits per heavy atom. The normalized spacial score (nSPS) is 29.1. The minimum absolute atomic E-state index is 0.118. The van der Waals surface area contributed by atoms with Crippen LogP contribution in [0.5, 0.6) is 0 Å². The largest absolute Gasteiger partial charge is 0.479 e. The number of carboxylic acid groups (broad SMARTS) is 1. The van der Waals surface area contributed by atoms with Crippen molar-refractivity contribution in [2.45, 2.75) is 31.0 Å². The van der Waals surface area contributed by atoms with E-state index in [-0.39, 0.29) is 6.42 Å². The lowest BCUT2D eigenvalue weighted by Gasteiger charge is -2.22. The second kappa shape index (κ2) is 5.66. The van der Waals surface area contributed by atoms with E-state index in [1.54, 1.807) is 0 Å². The summed E-state index contributed by atoms with van der Waals surface area (Å²) in [5, 5.41) is 12.3. The predicted octanol–water partition coefficient (Wildman–Crippen LogP) is 0.526. The molecule has 0 aliphatic carbocycles. The Morgan fingerprint density at radius 1 is 1.62 bits per heavy atom. The fraction of sp³-hybridized carbons (Fsp3) is 0.875. The molecule has 0 aromatic heterocycles. The Balaban J connectivity index is 2.79. The van der Waals surface area contributed by atoms with Crippen LogP contribution in [-0.2, 0) is 19.0 Å². The van der Waals surface area contributed by atoms with Crippen LogP contribution in [0, 0.1) is 0 Å². The summed E-state index contributed by atoms with van der Waals surface area (Å²) in [4.78, 5) is 13.4. The summed E-state index contributed by atoms with van der Waals surface area (Å²) >= 11 is 0. The van der Waals surface area contributed by atoms with E-state index in [1.807, 2.05) is 0 Å². The van der Waals surface area contributed by atoms with Crippen molar-refractivity contribution in [3.8, 4) is 0 Å². The Bertz CT molecular complexity index is 300. The van der Waals surface area contributed by atoms with Crippen molar-refractivity contribution < 1.29 is 24.1 Å². The number of hydrogen-bond acceptors (Lipinski definition) is 5. The maximum absolute atomic E-state index is 10.8. The molecule has 1 fully saturated rings. The zero-order chi connectivity index (χ0) is 12.1. The first-order chi connectivity index (χ1) is 7.63. The van der Waals surface area contributed by atoms with Gasteiger partial charge in [0, 0.05) is 19.1 Å². The van der Waals surface area contributed by atoms with Crippen LogP contribution in [0.3, 0.4) is 0 Å². The standard InChI is InChI=1S/C8H13N3O5/c1-14-8(15-2)6-4(10-11-9)3-5(16-6)7(12)13/h4-6,8H,3H2,1-2H3,(H,12,13)/t4-,5+,6-/m0/s1. The summed E-state index contributed by atoms with van der Waals surface area (Å²) in [6, 6.07) is -0.601. The summed E-state index contributed by atoms with van der Waals surface area (Å²) < 4.78 is 15.1. The highest BCUT2D eigenvalue weighted by Crippen LogP contribution is 2.27. The summed E-state index contributed by atoms with van der Waals surface area (Å²) in [5.74, 6) is -1.09. The molecule has 16 heavy (non-hydrogen) atoms. The van der Waals surface area contributed by atoms with Gasteiger partial charge in [-0.15, -0.1) is 0 Å². The minimum Gasteiger partial charge on any atom is -0.479 e. The maximum Gasteiger partial charge on any atom is 0.332 e. The van der Waals surface area contributed by atoms with Crippen LogP contribution in [0.4, 0.5) is 0 Å². The van der Waals surface area contributed by atoms with Crippen molar-refractivity contribution in [2.75, 3.05) is 14.2 Å². The molecule has 0 amide bonds. The molecule has 1 saturated heterocycles. The molecule has 1 heterocycles. The van der Waals surface area contributed by atoms with Crippen LogP contribution < -0.4 is 0 Å². The van der Waals surface area contributed by atoms with Gasteiger partial charge in [0.1, 0.15) is 6.10 Å². The van der Waals surface area contributed by atoms with E-state index in [1.165, 1.54) is 14.2 Å². The number of hydrogen-bond donors (Lipinski definition) is 1. The molecule has 3 atom stereocenters. The van der Waals surface area contributed by atoms with E-state index in [0.29, 0.717) is 0 Å². The first-order valence-corrected chi connectivity index (χ1v) is 4.62. The monoisotopic (exact) mass is 231 g/mol. The highest BCUT2D eigenvalue weighted by Gasteiger charge is 2.43. The number of carboxylic acids is 1. The summed E-state index contributed by atoms with van der Waals surface area (Å²) in [6.45, 7) is 0. The van der Waals surface area contributed by atoms with Gasteiger partial charge in [-0.25, -0.2) is 4.79 Å². The topological polar surface area (TPSA) is 114 Å². The van der Waals surface area contributed by atoms with Gasteiger partial charge < -0.3 is 19.3 Å². The van der Waals surface area contributed by atoms with Crippen molar-refractivity contribution in [3.63, 3.8) is 0 Å². The molecule has 1 N–H and O–H groups in total. The number of aliphatic carboxylic acids is 1.